The molecule has 8 heteroatoms. The summed E-state index contributed by atoms with van der Waals surface area (Å²) in [6.45, 7) is 2.74. The average Bonchev–Trinajstić information content (AvgIpc) is 2.90. The minimum absolute atomic E-state index is 0.0841. The summed E-state index contributed by atoms with van der Waals surface area (Å²) in [5, 5.41) is 13.8. The number of amides is 3. The Kier molecular flexibility index (Phi) is 5.45. The summed E-state index contributed by atoms with van der Waals surface area (Å²) in [7, 11) is 0. The van der Waals surface area contributed by atoms with E-state index in [2.05, 4.69) is 5.32 Å². The van der Waals surface area contributed by atoms with E-state index in [0.717, 1.165) is 10.5 Å². The van der Waals surface area contributed by atoms with Crippen molar-refractivity contribution in [2.75, 3.05) is 6.54 Å². The van der Waals surface area contributed by atoms with E-state index in [1.54, 1.807) is 13.8 Å². The lowest BCUT2D eigenvalue weighted by molar-refractivity contribution is -0.385. The minimum Gasteiger partial charge on any atom is -0.323 e. The van der Waals surface area contributed by atoms with Crippen molar-refractivity contribution in [2.24, 2.45) is 0 Å². The highest BCUT2D eigenvalue weighted by Crippen LogP contribution is 2.25. The molecule has 1 aliphatic rings. The highest BCUT2D eigenvalue weighted by atomic mass is 16.6. The molecule has 0 radical (unpaired) electrons. The second-order valence-corrected chi connectivity index (χ2v) is 7.32. The molecule has 1 aliphatic heterocycles. The first kappa shape index (κ1) is 20.2. The van der Waals surface area contributed by atoms with E-state index in [4.69, 9.17) is 0 Å². The predicted molar refractivity (Wildman–Crippen MR) is 106 cm³/mol. The Morgan fingerprint density at radius 2 is 1.86 bits per heavy atom. The third-order valence-corrected chi connectivity index (χ3v) is 5.13. The van der Waals surface area contributed by atoms with Crippen molar-refractivity contribution in [1.82, 2.24) is 10.2 Å². The number of nitro groups is 1. The zero-order valence-corrected chi connectivity index (χ0v) is 16.2. The second kappa shape index (κ2) is 7.83. The van der Waals surface area contributed by atoms with Crippen LogP contribution in [0.25, 0.3) is 0 Å². The third kappa shape index (κ3) is 4.16. The SMILES string of the molecule is Cc1ccc(C(=O)CN2C(=O)N[C@@](C)(CCc3ccccc3)C2=O)cc1[N+](=O)[O-]. The van der Waals surface area contributed by atoms with Gasteiger partial charge in [-0.05, 0) is 32.3 Å². The lowest BCUT2D eigenvalue weighted by Gasteiger charge is -2.21. The van der Waals surface area contributed by atoms with E-state index in [-0.39, 0.29) is 11.3 Å². The molecule has 29 heavy (non-hydrogen) atoms. The molecule has 1 fully saturated rings. The number of hydrogen-bond acceptors (Lipinski definition) is 5. The normalized spacial score (nSPS) is 18.6. The van der Waals surface area contributed by atoms with Crippen molar-refractivity contribution >= 4 is 23.4 Å². The number of carbonyl (C=O) groups excluding carboxylic acids is 3. The number of carbonyl (C=O) groups is 3. The molecule has 1 saturated heterocycles. The fourth-order valence-corrected chi connectivity index (χ4v) is 3.31. The molecular formula is C21H21N3O5. The van der Waals surface area contributed by atoms with Gasteiger partial charge in [0.15, 0.2) is 5.78 Å². The van der Waals surface area contributed by atoms with Gasteiger partial charge in [0, 0.05) is 17.2 Å². The number of urea groups is 1. The summed E-state index contributed by atoms with van der Waals surface area (Å²) in [6, 6.07) is 13.0. The molecule has 0 aromatic heterocycles. The minimum atomic E-state index is -1.10. The molecule has 150 valence electrons. The second-order valence-electron chi connectivity index (χ2n) is 7.32. The molecule has 0 spiro atoms. The Bertz CT molecular complexity index is 989. The van der Waals surface area contributed by atoms with Crippen LogP contribution in [-0.2, 0) is 11.2 Å². The van der Waals surface area contributed by atoms with Crippen LogP contribution in [-0.4, -0.2) is 39.6 Å². The van der Waals surface area contributed by atoms with Gasteiger partial charge in [0.05, 0.1) is 11.5 Å². The topological polar surface area (TPSA) is 110 Å². The number of ketones is 1. The van der Waals surface area contributed by atoms with Crippen molar-refractivity contribution in [3.63, 3.8) is 0 Å². The van der Waals surface area contributed by atoms with Gasteiger partial charge in [0.2, 0.25) is 0 Å². The van der Waals surface area contributed by atoms with Crippen molar-refractivity contribution in [1.29, 1.82) is 0 Å². The quantitative estimate of drug-likeness (QED) is 0.335. The predicted octanol–water partition coefficient (Wildman–Crippen LogP) is 3.03. The molecule has 3 amide bonds. The van der Waals surface area contributed by atoms with Gasteiger partial charge < -0.3 is 5.32 Å². The van der Waals surface area contributed by atoms with Crippen molar-refractivity contribution in [3.8, 4) is 0 Å². The van der Waals surface area contributed by atoms with Gasteiger partial charge in [-0.1, -0.05) is 42.5 Å². The first-order valence-corrected chi connectivity index (χ1v) is 9.17. The van der Waals surface area contributed by atoms with Crippen LogP contribution in [0.2, 0.25) is 0 Å². The molecule has 3 rings (SSSR count). The molecule has 0 unspecified atom stereocenters. The van der Waals surface area contributed by atoms with Gasteiger partial charge in [0.1, 0.15) is 5.54 Å². The maximum atomic E-state index is 12.8. The zero-order chi connectivity index (χ0) is 21.2. The summed E-state index contributed by atoms with van der Waals surface area (Å²) in [5.74, 6) is -1.02. The number of hydrogen-bond donors (Lipinski definition) is 1. The molecule has 0 aliphatic carbocycles. The third-order valence-electron chi connectivity index (χ3n) is 5.13. The first-order chi connectivity index (χ1) is 13.7. The van der Waals surface area contributed by atoms with Gasteiger partial charge in [-0.15, -0.1) is 0 Å². The van der Waals surface area contributed by atoms with Crippen molar-refractivity contribution < 1.29 is 19.3 Å². The van der Waals surface area contributed by atoms with Crippen LogP contribution in [0.4, 0.5) is 10.5 Å². The Morgan fingerprint density at radius 3 is 2.52 bits per heavy atom. The van der Waals surface area contributed by atoms with Crippen LogP contribution in [0.15, 0.2) is 48.5 Å². The van der Waals surface area contributed by atoms with E-state index in [1.165, 1.54) is 18.2 Å². The van der Waals surface area contributed by atoms with E-state index < -0.39 is 34.7 Å². The molecule has 0 bridgehead atoms. The number of imide groups is 1. The lowest BCUT2D eigenvalue weighted by Crippen LogP contribution is -2.44. The maximum Gasteiger partial charge on any atom is 0.325 e. The molecule has 0 saturated carbocycles. The van der Waals surface area contributed by atoms with Gasteiger partial charge >= 0.3 is 6.03 Å². The summed E-state index contributed by atoms with van der Waals surface area (Å²) in [4.78, 5) is 49.1. The van der Waals surface area contributed by atoms with Gasteiger partial charge in [-0.25, -0.2) is 4.79 Å². The Balaban J connectivity index is 1.72. The molecule has 1 atom stereocenters. The van der Waals surface area contributed by atoms with Gasteiger partial charge in [-0.2, -0.15) is 0 Å². The smallest absolute Gasteiger partial charge is 0.323 e. The number of nitrogens with one attached hydrogen (secondary N) is 1. The number of benzene rings is 2. The summed E-state index contributed by atoms with van der Waals surface area (Å²) < 4.78 is 0. The monoisotopic (exact) mass is 395 g/mol. The highest BCUT2D eigenvalue weighted by Gasteiger charge is 2.47. The van der Waals surface area contributed by atoms with E-state index in [0.29, 0.717) is 18.4 Å². The summed E-state index contributed by atoms with van der Waals surface area (Å²) in [6.07, 6.45) is 0.984. The van der Waals surface area contributed by atoms with Crippen molar-refractivity contribution in [2.45, 2.75) is 32.2 Å². The lowest BCUT2D eigenvalue weighted by atomic mass is 9.93. The fraction of sp³-hybridized carbons (Fsp3) is 0.286. The molecular weight excluding hydrogens is 374 g/mol. The van der Waals surface area contributed by atoms with E-state index in [1.807, 2.05) is 30.3 Å². The molecule has 2 aromatic carbocycles. The van der Waals surface area contributed by atoms with Crippen LogP contribution in [0.1, 0.15) is 34.8 Å². The number of nitro benzene ring substituents is 1. The van der Waals surface area contributed by atoms with Crippen molar-refractivity contribution in [3.05, 3.63) is 75.3 Å². The standard InChI is InChI=1S/C21H21N3O5/c1-14-8-9-16(12-17(14)24(28)29)18(25)13-23-19(26)21(2,22-20(23)27)11-10-15-6-4-3-5-7-15/h3-9,12H,10-11,13H2,1-2H3,(H,22,27)/t21-/m0/s1. The maximum absolute atomic E-state index is 12.8. The molecule has 2 aromatic rings. The van der Waals surface area contributed by atoms with Crippen LogP contribution < -0.4 is 5.32 Å². The number of Topliss-reactive ketones (excluding diaryl/α,β-unsaturated/α-hetero) is 1. The van der Waals surface area contributed by atoms with Crippen LogP contribution >= 0.6 is 0 Å². The molecule has 1 N–H and O–H groups in total. The molecule has 8 nitrogen and oxygen atoms in total. The van der Waals surface area contributed by atoms with E-state index in [9.17, 15) is 24.5 Å². The Hall–Kier alpha value is -3.55. The number of aryl methyl sites for hydroxylation is 2. The van der Waals surface area contributed by atoms with E-state index >= 15 is 0 Å². The number of rotatable bonds is 7. The summed E-state index contributed by atoms with van der Waals surface area (Å²) >= 11 is 0. The number of nitrogens with zero attached hydrogens (tertiary/aromatic N) is 2. The fourth-order valence-electron chi connectivity index (χ4n) is 3.31. The average molecular weight is 395 g/mol. The highest BCUT2D eigenvalue weighted by molar-refractivity contribution is 6.11. The summed E-state index contributed by atoms with van der Waals surface area (Å²) in [5.41, 5.74) is 0.265. The van der Waals surface area contributed by atoms with Crippen LogP contribution in [0.3, 0.4) is 0 Å². The van der Waals surface area contributed by atoms with Gasteiger partial charge in [-0.3, -0.25) is 24.6 Å². The molecule has 1 heterocycles. The first-order valence-electron chi connectivity index (χ1n) is 9.17. The largest absolute Gasteiger partial charge is 0.325 e. The van der Waals surface area contributed by atoms with Crippen LogP contribution in [0, 0.1) is 17.0 Å². The Morgan fingerprint density at radius 1 is 1.17 bits per heavy atom. The van der Waals surface area contributed by atoms with Gasteiger partial charge in [0.25, 0.3) is 11.6 Å². The zero-order valence-electron chi connectivity index (χ0n) is 16.2. The van der Waals surface area contributed by atoms with Crippen LogP contribution in [0.5, 0.6) is 0 Å². The Labute approximate surface area is 167 Å².